The molecular formula is C17H20N6O2S. The molecule has 1 atom stereocenters. The number of benzene rings is 1. The number of fused-ring (bicyclic) bond motifs is 1. The summed E-state index contributed by atoms with van der Waals surface area (Å²) >= 11 is 1.47. The monoisotopic (exact) mass is 372 g/mol. The number of carbonyl (C=O) groups excluding carboxylic acids is 1. The molecule has 9 heteroatoms. The Morgan fingerprint density at radius 1 is 1.46 bits per heavy atom. The van der Waals surface area contributed by atoms with Gasteiger partial charge in [0.05, 0.1) is 16.8 Å². The number of H-pyrrole nitrogens is 1. The van der Waals surface area contributed by atoms with E-state index in [1.807, 2.05) is 25.1 Å². The third kappa shape index (κ3) is 3.27. The molecule has 1 aliphatic rings. The lowest BCUT2D eigenvalue weighted by molar-refractivity contribution is 0.186. The zero-order valence-electron chi connectivity index (χ0n) is 14.7. The number of thiazole rings is 1. The summed E-state index contributed by atoms with van der Waals surface area (Å²) in [7, 11) is 1.66. The molecule has 2 N–H and O–H groups in total. The Labute approximate surface area is 154 Å². The van der Waals surface area contributed by atoms with Gasteiger partial charge in [0.1, 0.15) is 5.82 Å². The SMILES string of the molecule is COCc1cccc2sc(NC(=O)N3CCC(c4n[nH]c(C)n4)C3)nc12. The minimum atomic E-state index is -0.132. The Morgan fingerprint density at radius 3 is 3.12 bits per heavy atom. The van der Waals surface area contributed by atoms with Gasteiger partial charge in [-0.1, -0.05) is 23.5 Å². The van der Waals surface area contributed by atoms with E-state index in [0.29, 0.717) is 24.8 Å². The van der Waals surface area contributed by atoms with Gasteiger partial charge >= 0.3 is 6.03 Å². The van der Waals surface area contributed by atoms with Crippen LogP contribution in [0.4, 0.5) is 9.93 Å². The molecule has 3 aromatic rings. The highest BCUT2D eigenvalue weighted by Crippen LogP contribution is 2.30. The molecule has 1 fully saturated rings. The number of aromatic nitrogens is 4. The maximum Gasteiger partial charge on any atom is 0.323 e. The lowest BCUT2D eigenvalue weighted by Crippen LogP contribution is -2.32. The summed E-state index contributed by atoms with van der Waals surface area (Å²) in [5.74, 6) is 1.75. The summed E-state index contributed by atoms with van der Waals surface area (Å²) in [6.45, 7) is 3.67. The van der Waals surface area contributed by atoms with Crippen LogP contribution in [0.15, 0.2) is 18.2 Å². The van der Waals surface area contributed by atoms with Crippen molar-refractivity contribution in [1.82, 2.24) is 25.1 Å². The van der Waals surface area contributed by atoms with E-state index in [4.69, 9.17) is 4.74 Å². The van der Waals surface area contributed by atoms with Gasteiger partial charge in [-0.05, 0) is 19.4 Å². The number of para-hydroxylation sites is 1. The first-order valence-corrected chi connectivity index (χ1v) is 9.28. The maximum atomic E-state index is 12.6. The smallest absolute Gasteiger partial charge is 0.323 e. The quantitative estimate of drug-likeness (QED) is 0.734. The molecule has 3 heterocycles. The van der Waals surface area contributed by atoms with Crippen LogP contribution in [-0.4, -0.2) is 51.3 Å². The van der Waals surface area contributed by atoms with Crippen LogP contribution < -0.4 is 5.32 Å². The van der Waals surface area contributed by atoms with Crippen LogP contribution >= 0.6 is 11.3 Å². The van der Waals surface area contributed by atoms with Crippen LogP contribution in [0.1, 0.15) is 29.6 Å². The highest BCUT2D eigenvalue weighted by atomic mass is 32.1. The number of likely N-dealkylation sites (tertiary alicyclic amines) is 1. The molecule has 1 unspecified atom stereocenters. The van der Waals surface area contributed by atoms with Crippen LogP contribution in [0.2, 0.25) is 0 Å². The Hall–Kier alpha value is -2.52. The van der Waals surface area contributed by atoms with Crippen molar-refractivity contribution in [2.75, 3.05) is 25.5 Å². The number of nitrogens with zero attached hydrogens (tertiary/aromatic N) is 4. The molecule has 1 saturated heterocycles. The van der Waals surface area contributed by atoms with Gasteiger partial charge in [-0.2, -0.15) is 5.10 Å². The first kappa shape index (κ1) is 16.9. The van der Waals surface area contributed by atoms with Crippen molar-refractivity contribution in [3.63, 3.8) is 0 Å². The topological polar surface area (TPSA) is 96.0 Å². The molecule has 136 valence electrons. The Bertz CT molecular complexity index is 936. The summed E-state index contributed by atoms with van der Waals surface area (Å²) in [6.07, 6.45) is 0.864. The largest absolute Gasteiger partial charge is 0.380 e. The second-order valence-electron chi connectivity index (χ2n) is 6.36. The molecule has 4 rings (SSSR count). The third-order valence-electron chi connectivity index (χ3n) is 4.47. The maximum absolute atomic E-state index is 12.6. The van der Waals surface area contributed by atoms with Gasteiger partial charge in [0.25, 0.3) is 0 Å². The Balaban J connectivity index is 1.45. The van der Waals surface area contributed by atoms with Crippen molar-refractivity contribution in [2.45, 2.75) is 25.9 Å². The average molecular weight is 372 g/mol. The summed E-state index contributed by atoms with van der Waals surface area (Å²) in [5, 5.41) is 10.6. The number of methoxy groups -OCH3 is 1. The van der Waals surface area contributed by atoms with Crippen LogP contribution in [0.3, 0.4) is 0 Å². The molecule has 8 nitrogen and oxygen atoms in total. The molecule has 2 amide bonds. The van der Waals surface area contributed by atoms with Gasteiger partial charge in [0.2, 0.25) is 0 Å². The zero-order valence-corrected chi connectivity index (χ0v) is 15.5. The number of anilines is 1. The van der Waals surface area contributed by atoms with Crippen LogP contribution in [0.5, 0.6) is 0 Å². The first-order valence-electron chi connectivity index (χ1n) is 8.46. The Kier molecular flexibility index (Phi) is 4.56. The highest BCUT2D eigenvalue weighted by Gasteiger charge is 2.30. The van der Waals surface area contributed by atoms with E-state index in [-0.39, 0.29) is 11.9 Å². The van der Waals surface area contributed by atoms with Gasteiger partial charge in [0.15, 0.2) is 11.0 Å². The van der Waals surface area contributed by atoms with E-state index < -0.39 is 0 Å². The van der Waals surface area contributed by atoms with Crippen LogP contribution in [0.25, 0.3) is 10.2 Å². The van der Waals surface area contributed by atoms with Gasteiger partial charge in [-0.15, -0.1) is 0 Å². The van der Waals surface area contributed by atoms with Gasteiger partial charge in [-0.3, -0.25) is 10.4 Å². The minimum Gasteiger partial charge on any atom is -0.380 e. The van der Waals surface area contributed by atoms with E-state index in [2.05, 4.69) is 25.5 Å². The lowest BCUT2D eigenvalue weighted by Gasteiger charge is -2.15. The number of ether oxygens (including phenoxy) is 1. The summed E-state index contributed by atoms with van der Waals surface area (Å²) in [4.78, 5) is 23.3. The van der Waals surface area contributed by atoms with Gasteiger partial charge < -0.3 is 9.64 Å². The molecule has 2 aromatic heterocycles. The molecule has 0 spiro atoms. The number of carbonyl (C=O) groups is 1. The number of rotatable bonds is 4. The van der Waals surface area contributed by atoms with Gasteiger partial charge in [0, 0.05) is 31.7 Å². The Morgan fingerprint density at radius 2 is 2.35 bits per heavy atom. The lowest BCUT2D eigenvalue weighted by atomic mass is 10.1. The molecule has 26 heavy (non-hydrogen) atoms. The van der Waals surface area contributed by atoms with E-state index in [9.17, 15) is 4.79 Å². The molecule has 1 aromatic carbocycles. The fourth-order valence-corrected chi connectivity index (χ4v) is 4.10. The minimum absolute atomic E-state index is 0.132. The average Bonchev–Trinajstić information content (AvgIpc) is 3.33. The standard InChI is InChI=1S/C17H20N6O2S/c1-10-18-15(22-21-10)11-6-7-23(8-11)17(24)20-16-19-14-12(9-25-2)4-3-5-13(14)26-16/h3-5,11H,6-9H2,1-2H3,(H,18,21,22)(H,19,20,24). The normalized spacial score (nSPS) is 17.2. The summed E-state index contributed by atoms with van der Waals surface area (Å²) in [5.41, 5.74) is 1.90. The number of nitrogens with one attached hydrogen (secondary N) is 2. The number of hydrogen-bond acceptors (Lipinski definition) is 6. The molecule has 1 aliphatic heterocycles. The molecule has 0 saturated carbocycles. The predicted molar refractivity (Wildman–Crippen MR) is 99.4 cm³/mol. The molecular weight excluding hydrogens is 352 g/mol. The van der Waals surface area contributed by atoms with Crippen molar-refractivity contribution >= 4 is 32.7 Å². The molecule has 0 bridgehead atoms. The second kappa shape index (κ2) is 7.00. The van der Waals surface area contributed by atoms with Crippen LogP contribution in [-0.2, 0) is 11.3 Å². The van der Waals surface area contributed by atoms with Crippen molar-refractivity contribution in [2.24, 2.45) is 0 Å². The zero-order chi connectivity index (χ0) is 18.1. The fourth-order valence-electron chi connectivity index (χ4n) is 3.20. The van der Waals surface area contributed by atoms with Crippen molar-refractivity contribution in [1.29, 1.82) is 0 Å². The number of urea groups is 1. The van der Waals surface area contributed by atoms with Gasteiger partial charge in [-0.25, -0.2) is 14.8 Å². The summed E-state index contributed by atoms with van der Waals surface area (Å²) < 4.78 is 6.25. The second-order valence-corrected chi connectivity index (χ2v) is 7.39. The number of aromatic amines is 1. The first-order chi connectivity index (χ1) is 12.6. The number of hydrogen-bond donors (Lipinski definition) is 2. The van der Waals surface area contributed by atoms with E-state index in [1.54, 1.807) is 12.0 Å². The number of aryl methyl sites for hydroxylation is 1. The van der Waals surface area contributed by atoms with E-state index in [1.165, 1.54) is 11.3 Å². The van der Waals surface area contributed by atoms with Crippen molar-refractivity contribution in [3.8, 4) is 0 Å². The van der Waals surface area contributed by atoms with E-state index in [0.717, 1.165) is 33.8 Å². The molecule has 0 aliphatic carbocycles. The predicted octanol–water partition coefficient (Wildman–Crippen LogP) is 2.89. The number of amides is 2. The van der Waals surface area contributed by atoms with Crippen molar-refractivity contribution < 1.29 is 9.53 Å². The molecule has 0 radical (unpaired) electrons. The highest BCUT2D eigenvalue weighted by molar-refractivity contribution is 7.22. The third-order valence-corrected chi connectivity index (χ3v) is 5.41. The fraction of sp³-hybridized carbons (Fsp3) is 0.412. The van der Waals surface area contributed by atoms with Crippen molar-refractivity contribution in [3.05, 3.63) is 35.4 Å². The summed E-state index contributed by atoms with van der Waals surface area (Å²) in [6, 6.07) is 5.83. The van der Waals surface area contributed by atoms with E-state index >= 15 is 0 Å². The van der Waals surface area contributed by atoms with Crippen LogP contribution in [0, 0.1) is 6.92 Å².